The molecule has 0 spiro atoms. The van der Waals surface area contributed by atoms with Gasteiger partial charge in [-0.05, 0) is 12.5 Å². The third kappa shape index (κ3) is 4.05. The SMILES string of the molecule is CCCC(O)CNS(=O)(=O)c1cc(C(N)=O)n(C)c1. The van der Waals surface area contributed by atoms with Crippen LogP contribution in [0, 0.1) is 0 Å². The number of hydrogen-bond acceptors (Lipinski definition) is 4. The summed E-state index contributed by atoms with van der Waals surface area (Å²) < 4.78 is 27.5. The Bertz CT molecular complexity index is 550. The summed E-state index contributed by atoms with van der Waals surface area (Å²) in [5.74, 6) is -0.699. The van der Waals surface area contributed by atoms with Gasteiger partial charge in [0.2, 0.25) is 10.0 Å². The van der Waals surface area contributed by atoms with Crippen molar-refractivity contribution in [2.45, 2.75) is 30.8 Å². The van der Waals surface area contributed by atoms with E-state index in [-0.39, 0.29) is 17.1 Å². The van der Waals surface area contributed by atoms with Crippen molar-refractivity contribution in [2.75, 3.05) is 6.54 Å². The van der Waals surface area contributed by atoms with E-state index in [2.05, 4.69) is 4.72 Å². The molecule has 1 rings (SSSR count). The lowest BCUT2D eigenvalue weighted by molar-refractivity contribution is 0.0992. The number of aryl methyl sites for hydroxylation is 1. The first-order chi connectivity index (χ1) is 8.77. The van der Waals surface area contributed by atoms with E-state index in [1.54, 1.807) is 0 Å². The molecule has 0 aromatic carbocycles. The van der Waals surface area contributed by atoms with Gasteiger partial charge in [0.05, 0.1) is 6.10 Å². The van der Waals surface area contributed by atoms with Gasteiger partial charge in [0.25, 0.3) is 5.91 Å². The number of rotatable bonds is 7. The number of carbonyl (C=O) groups is 1. The molecule has 0 aliphatic rings. The number of primary amides is 1. The summed E-state index contributed by atoms with van der Waals surface area (Å²) in [6.45, 7) is 1.84. The molecule has 1 atom stereocenters. The largest absolute Gasteiger partial charge is 0.392 e. The predicted molar refractivity (Wildman–Crippen MR) is 70.0 cm³/mol. The highest BCUT2D eigenvalue weighted by molar-refractivity contribution is 7.89. The fourth-order valence-electron chi connectivity index (χ4n) is 1.65. The number of aliphatic hydroxyl groups is 1. The van der Waals surface area contributed by atoms with Crippen LogP contribution in [-0.2, 0) is 17.1 Å². The maximum absolute atomic E-state index is 11.9. The van der Waals surface area contributed by atoms with E-state index in [4.69, 9.17) is 5.73 Å². The Kier molecular flexibility index (Phi) is 5.10. The molecule has 0 aliphatic carbocycles. The molecule has 7 nitrogen and oxygen atoms in total. The Morgan fingerprint density at radius 2 is 2.21 bits per heavy atom. The zero-order valence-electron chi connectivity index (χ0n) is 11.0. The van der Waals surface area contributed by atoms with Crippen LogP contribution in [0.2, 0.25) is 0 Å². The third-order valence-electron chi connectivity index (χ3n) is 2.67. The second-order valence-electron chi connectivity index (χ2n) is 4.33. The minimum atomic E-state index is -3.75. The first-order valence-corrected chi connectivity index (χ1v) is 7.40. The number of hydrogen-bond donors (Lipinski definition) is 3. The molecule has 0 bridgehead atoms. The molecule has 0 saturated heterocycles. The Balaban J connectivity index is 2.83. The minimum absolute atomic E-state index is 0.0486. The lowest BCUT2D eigenvalue weighted by atomic mass is 10.2. The van der Waals surface area contributed by atoms with Crippen LogP contribution in [0.1, 0.15) is 30.3 Å². The van der Waals surface area contributed by atoms with Crippen molar-refractivity contribution >= 4 is 15.9 Å². The lowest BCUT2D eigenvalue weighted by Gasteiger charge is -2.10. The van der Waals surface area contributed by atoms with Gasteiger partial charge in [-0.3, -0.25) is 4.79 Å². The van der Waals surface area contributed by atoms with Crippen LogP contribution in [0.3, 0.4) is 0 Å². The average molecular weight is 289 g/mol. The quantitative estimate of drug-likeness (QED) is 0.631. The molecule has 1 heterocycles. The molecule has 8 heteroatoms. The molecule has 4 N–H and O–H groups in total. The molecule has 0 radical (unpaired) electrons. The number of aromatic nitrogens is 1. The number of aliphatic hydroxyl groups excluding tert-OH is 1. The summed E-state index contributed by atoms with van der Waals surface area (Å²) in [6.07, 6.45) is 1.86. The van der Waals surface area contributed by atoms with Crippen LogP contribution in [-0.4, -0.2) is 36.6 Å². The van der Waals surface area contributed by atoms with Crippen LogP contribution in [0.25, 0.3) is 0 Å². The Morgan fingerprint density at radius 1 is 1.58 bits per heavy atom. The van der Waals surface area contributed by atoms with E-state index >= 15 is 0 Å². The number of nitrogens with zero attached hydrogens (tertiary/aromatic N) is 1. The first kappa shape index (κ1) is 15.7. The van der Waals surface area contributed by atoms with Gasteiger partial charge in [0, 0.05) is 19.8 Å². The highest BCUT2D eigenvalue weighted by Gasteiger charge is 2.20. The summed E-state index contributed by atoms with van der Waals surface area (Å²) in [5.41, 5.74) is 5.22. The van der Waals surface area contributed by atoms with Crippen molar-refractivity contribution in [3.05, 3.63) is 18.0 Å². The Hall–Kier alpha value is -1.38. The zero-order valence-corrected chi connectivity index (χ0v) is 11.8. The van der Waals surface area contributed by atoms with E-state index in [1.807, 2.05) is 6.92 Å². The van der Waals surface area contributed by atoms with E-state index in [1.165, 1.54) is 23.9 Å². The van der Waals surface area contributed by atoms with Crippen LogP contribution in [0.4, 0.5) is 0 Å². The van der Waals surface area contributed by atoms with Crippen LogP contribution < -0.4 is 10.5 Å². The topological polar surface area (TPSA) is 114 Å². The van der Waals surface area contributed by atoms with Gasteiger partial charge in [-0.25, -0.2) is 13.1 Å². The summed E-state index contributed by atoms with van der Waals surface area (Å²) in [4.78, 5) is 11.0. The average Bonchev–Trinajstić information content (AvgIpc) is 2.70. The van der Waals surface area contributed by atoms with Gasteiger partial charge < -0.3 is 15.4 Å². The molecule has 0 aliphatic heterocycles. The lowest BCUT2D eigenvalue weighted by Crippen LogP contribution is -2.31. The van der Waals surface area contributed by atoms with Crippen LogP contribution in [0.5, 0.6) is 0 Å². The first-order valence-electron chi connectivity index (χ1n) is 5.91. The molecular weight excluding hydrogens is 270 g/mol. The fraction of sp³-hybridized carbons (Fsp3) is 0.545. The van der Waals surface area contributed by atoms with Gasteiger partial charge in [-0.15, -0.1) is 0 Å². The van der Waals surface area contributed by atoms with Crippen molar-refractivity contribution in [1.82, 2.24) is 9.29 Å². The standard InChI is InChI=1S/C11H19N3O4S/c1-3-4-8(15)6-13-19(17,18)9-5-10(11(12)16)14(2)7-9/h5,7-8,13,15H,3-4,6H2,1-2H3,(H2,12,16). The van der Waals surface area contributed by atoms with Crippen molar-refractivity contribution in [3.8, 4) is 0 Å². The smallest absolute Gasteiger partial charge is 0.265 e. The number of carbonyl (C=O) groups excluding carboxylic acids is 1. The summed E-state index contributed by atoms with van der Waals surface area (Å²) in [6, 6.07) is 1.21. The molecule has 1 aromatic rings. The van der Waals surface area contributed by atoms with Crippen molar-refractivity contribution in [1.29, 1.82) is 0 Å². The van der Waals surface area contributed by atoms with Gasteiger partial charge in [0.15, 0.2) is 0 Å². The van der Waals surface area contributed by atoms with Gasteiger partial charge >= 0.3 is 0 Å². The zero-order chi connectivity index (χ0) is 14.6. The molecule has 0 fully saturated rings. The second kappa shape index (κ2) is 6.18. The summed E-state index contributed by atoms with van der Waals surface area (Å²) >= 11 is 0. The number of nitrogens with two attached hydrogens (primary N) is 1. The number of amides is 1. The van der Waals surface area contributed by atoms with E-state index < -0.39 is 22.0 Å². The maximum atomic E-state index is 11.9. The van der Waals surface area contributed by atoms with Gasteiger partial charge in [-0.1, -0.05) is 13.3 Å². The Morgan fingerprint density at radius 3 is 2.68 bits per heavy atom. The third-order valence-corrected chi connectivity index (χ3v) is 4.06. The predicted octanol–water partition coefficient (Wildman–Crippen LogP) is -0.437. The van der Waals surface area contributed by atoms with Gasteiger partial charge in [0.1, 0.15) is 10.6 Å². The van der Waals surface area contributed by atoms with E-state index in [0.717, 1.165) is 6.42 Å². The minimum Gasteiger partial charge on any atom is -0.392 e. The second-order valence-corrected chi connectivity index (χ2v) is 6.10. The van der Waals surface area contributed by atoms with Crippen LogP contribution in [0.15, 0.2) is 17.2 Å². The molecule has 1 unspecified atom stereocenters. The van der Waals surface area contributed by atoms with E-state index in [0.29, 0.717) is 6.42 Å². The number of sulfonamides is 1. The van der Waals surface area contributed by atoms with E-state index in [9.17, 15) is 18.3 Å². The summed E-state index contributed by atoms with van der Waals surface area (Å²) in [7, 11) is -2.21. The van der Waals surface area contributed by atoms with Crippen molar-refractivity contribution in [3.63, 3.8) is 0 Å². The fourth-order valence-corrected chi connectivity index (χ4v) is 2.79. The highest BCUT2D eigenvalue weighted by atomic mass is 32.2. The van der Waals surface area contributed by atoms with Crippen molar-refractivity contribution in [2.24, 2.45) is 12.8 Å². The molecule has 1 amide bonds. The summed E-state index contributed by atoms with van der Waals surface area (Å²) in [5, 5.41) is 9.50. The van der Waals surface area contributed by atoms with Crippen LogP contribution >= 0.6 is 0 Å². The molecular formula is C11H19N3O4S. The monoisotopic (exact) mass is 289 g/mol. The van der Waals surface area contributed by atoms with Crippen molar-refractivity contribution < 1.29 is 18.3 Å². The van der Waals surface area contributed by atoms with Gasteiger partial charge in [-0.2, -0.15) is 0 Å². The molecule has 19 heavy (non-hydrogen) atoms. The molecule has 0 saturated carbocycles. The highest BCUT2D eigenvalue weighted by Crippen LogP contribution is 2.13. The molecule has 108 valence electrons. The maximum Gasteiger partial charge on any atom is 0.265 e. The molecule has 1 aromatic heterocycles. The Labute approximate surface area is 112 Å². The number of nitrogens with one attached hydrogen (secondary N) is 1. The normalized spacial score (nSPS) is 13.4.